The number of hydrogen-bond donors (Lipinski definition) is 2. The molecule has 0 radical (unpaired) electrons. The molecule has 114 valence electrons. The number of anilines is 1. The predicted octanol–water partition coefficient (Wildman–Crippen LogP) is 3.30. The topological polar surface area (TPSA) is 55.1 Å². The molecule has 4 unspecified atom stereocenters. The molecule has 4 heteroatoms. The van der Waals surface area contributed by atoms with Crippen LogP contribution in [0.1, 0.15) is 32.6 Å². The van der Waals surface area contributed by atoms with E-state index in [0.717, 1.165) is 22.4 Å². The van der Waals surface area contributed by atoms with Crippen molar-refractivity contribution in [1.29, 1.82) is 0 Å². The Bertz CT molecular complexity index is 502. The molecule has 1 amide bonds. The summed E-state index contributed by atoms with van der Waals surface area (Å²) in [6.45, 7) is 2.18. The van der Waals surface area contributed by atoms with Gasteiger partial charge >= 0.3 is 0 Å². The number of amides is 1. The minimum absolute atomic E-state index is 0.145. The van der Waals surface area contributed by atoms with Crippen LogP contribution in [0.25, 0.3) is 0 Å². The first-order chi connectivity index (χ1) is 10.1. The number of nitrogens with one attached hydrogen (secondary N) is 1. The van der Waals surface area contributed by atoms with Crippen LogP contribution < -0.4 is 11.1 Å². The average molecular weight is 304 g/mol. The zero-order valence-corrected chi connectivity index (χ0v) is 13.4. The molecule has 3 nitrogen and oxygen atoms in total. The Balaban J connectivity index is 1.44. The summed E-state index contributed by atoms with van der Waals surface area (Å²) >= 11 is 1.57. The van der Waals surface area contributed by atoms with Crippen LogP contribution in [0, 0.1) is 17.8 Å². The molecule has 3 rings (SSSR count). The van der Waals surface area contributed by atoms with Crippen LogP contribution in [0.3, 0.4) is 0 Å². The first kappa shape index (κ1) is 14.8. The molecule has 4 atom stereocenters. The molecular formula is C17H24N2OS. The lowest BCUT2D eigenvalue weighted by Gasteiger charge is -2.28. The molecule has 0 aliphatic heterocycles. The van der Waals surface area contributed by atoms with E-state index in [1.807, 2.05) is 24.3 Å². The van der Waals surface area contributed by atoms with Crippen molar-refractivity contribution in [2.24, 2.45) is 17.8 Å². The molecule has 2 aliphatic rings. The van der Waals surface area contributed by atoms with E-state index < -0.39 is 0 Å². The Kier molecular flexibility index (Phi) is 4.43. The molecule has 21 heavy (non-hydrogen) atoms. The highest BCUT2D eigenvalue weighted by atomic mass is 32.2. The fourth-order valence-corrected chi connectivity index (χ4v) is 4.73. The number of nitrogen functional groups attached to an aromatic ring is 1. The van der Waals surface area contributed by atoms with Gasteiger partial charge in [-0.2, -0.15) is 0 Å². The second-order valence-electron chi connectivity index (χ2n) is 6.55. The summed E-state index contributed by atoms with van der Waals surface area (Å²) in [5, 5.41) is 3.20. The maximum Gasteiger partial charge on any atom is 0.230 e. The van der Waals surface area contributed by atoms with Crippen molar-refractivity contribution in [3.05, 3.63) is 24.3 Å². The molecule has 0 spiro atoms. The largest absolute Gasteiger partial charge is 0.399 e. The molecule has 2 fully saturated rings. The number of carbonyl (C=O) groups is 1. The number of fused-ring (bicyclic) bond motifs is 2. The Morgan fingerprint density at radius 1 is 1.33 bits per heavy atom. The lowest BCUT2D eigenvalue weighted by molar-refractivity contribution is -0.119. The lowest BCUT2D eigenvalue weighted by Crippen LogP contribution is -2.40. The molecule has 3 N–H and O–H groups in total. The van der Waals surface area contributed by atoms with Crippen LogP contribution >= 0.6 is 11.8 Å². The van der Waals surface area contributed by atoms with Gasteiger partial charge in [-0.1, -0.05) is 6.42 Å². The van der Waals surface area contributed by atoms with Gasteiger partial charge in [0.1, 0.15) is 0 Å². The molecular weight excluding hydrogens is 280 g/mol. The second-order valence-corrected chi connectivity index (χ2v) is 7.60. The monoisotopic (exact) mass is 304 g/mol. The number of benzene rings is 1. The van der Waals surface area contributed by atoms with E-state index in [0.29, 0.717) is 17.7 Å². The van der Waals surface area contributed by atoms with Gasteiger partial charge in [-0.3, -0.25) is 4.79 Å². The zero-order valence-electron chi connectivity index (χ0n) is 12.5. The molecule has 2 aliphatic carbocycles. The summed E-state index contributed by atoms with van der Waals surface area (Å²) in [4.78, 5) is 13.2. The summed E-state index contributed by atoms with van der Waals surface area (Å²) in [5.74, 6) is 3.12. The van der Waals surface area contributed by atoms with Gasteiger partial charge in [-0.05, 0) is 68.2 Å². The van der Waals surface area contributed by atoms with Crippen LogP contribution in [0.15, 0.2) is 29.2 Å². The van der Waals surface area contributed by atoms with Gasteiger partial charge in [0.15, 0.2) is 0 Å². The zero-order chi connectivity index (χ0) is 14.8. The number of carbonyl (C=O) groups excluding carboxylic acids is 1. The van der Waals surface area contributed by atoms with Gasteiger partial charge in [0.05, 0.1) is 5.75 Å². The molecule has 0 aromatic heterocycles. The van der Waals surface area contributed by atoms with E-state index >= 15 is 0 Å². The van der Waals surface area contributed by atoms with Gasteiger partial charge < -0.3 is 11.1 Å². The quantitative estimate of drug-likeness (QED) is 0.648. The summed E-state index contributed by atoms with van der Waals surface area (Å²) in [7, 11) is 0. The maximum atomic E-state index is 12.1. The molecule has 1 aromatic carbocycles. The van der Waals surface area contributed by atoms with Crippen molar-refractivity contribution in [3.8, 4) is 0 Å². The van der Waals surface area contributed by atoms with Crippen LogP contribution in [0.2, 0.25) is 0 Å². The van der Waals surface area contributed by atoms with Crippen molar-refractivity contribution < 1.29 is 4.79 Å². The Morgan fingerprint density at radius 2 is 2.10 bits per heavy atom. The van der Waals surface area contributed by atoms with Crippen molar-refractivity contribution in [2.75, 3.05) is 11.5 Å². The Labute approximate surface area is 131 Å². The number of hydrogen-bond acceptors (Lipinski definition) is 3. The van der Waals surface area contributed by atoms with Gasteiger partial charge in [0, 0.05) is 16.6 Å². The SMILES string of the molecule is CC(NC(=O)CSc1ccc(N)cc1)C1CC2CCC1C2. The summed E-state index contributed by atoms with van der Waals surface area (Å²) in [6, 6.07) is 8.00. The molecule has 2 saturated carbocycles. The highest BCUT2D eigenvalue weighted by molar-refractivity contribution is 8.00. The molecule has 0 heterocycles. The van der Waals surface area contributed by atoms with Crippen molar-refractivity contribution in [3.63, 3.8) is 0 Å². The van der Waals surface area contributed by atoms with Crippen LogP contribution in [-0.4, -0.2) is 17.7 Å². The van der Waals surface area contributed by atoms with Gasteiger partial charge in [0.2, 0.25) is 5.91 Å². The van der Waals surface area contributed by atoms with Crippen molar-refractivity contribution in [1.82, 2.24) is 5.32 Å². The standard InChI is InChI=1S/C17H24N2OS/c1-11(16-9-12-2-3-13(16)8-12)19-17(20)10-21-15-6-4-14(18)5-7-15/h4-7,11-13,16H,2-3,8-10,18H2,1H3,(H,19,20). The van der Waals surface area contributed by atoms with Gasteiger partial charge in [-0.15, -0.1) is 11.8 Å². The second kappa shape index (κ2) is 6.30. The van der Waals surface area contributed by atoms with E-state index in [4.69, 9.17) is 5.73 Å². The normalized spacial score (nSPS) is 28.5. The fraction of sp³-hybridized carbons (Fsp3) is 0.588. The van der Waals surface area contributed by atoms with E-state index in [1.54, 1.807) is 11.8 Å². The van der Waals surface area contributed by atoms with Crippen LogP contribution in [-0.2, 0) is 4.79 Å². The predicted molar refractivity (Wildman–Crippen MR) is 88.1 cm³/mol. The average Bonchev–Trinajstić information content (AvgIpc) is 3.09. The highest BCUT2D eigenvalue weighted by Gasteiger charge is 2.42. The van der Waals surface area contributed by atoms with Gasteiger partial charge in [0.25, 0.3) is 0 Å². The Hall–Kier alpha value is -1.16. The molecule has 0 saturated heterocycles. The highest BCUT2D eigenvalue weighted by Crippen LogP contribution is 2.49. The number of rotatable bonds is 5. The summed E-state index contributed by atoms with van der Waals surface area (Å²) in [5.41, 5.74) is 6.42. The van der Waals surface area contributed by atoms with Crippen molar-refractivity contribution in [2.45, 2.75) is 43.5 Å². The van der Waals surface area contributed by atoms with E-state index in [1.165, 1.54) is 25.7 Å². The third kappa shape index (κ3) is 3.54. The minimum atomic E-state index is 0.145. The molecule has 1 aromatic rings. The molecule has 2 bridgehead atoms. The minimum Gasteiger partial charge on any atom is -0.399 e. The third-order valence-electron chi connectivity index (χ3n) is 5.07. The first-order valence-corrected chi connectivity index (χ1v) is 8.88. The third-order valence-corrected chi connectivity index (χ3v) is 6.09. The fourth-order valence-electron chi connectivity index (χ4n) is 4.02. The van der Waals surface area contributed by atoms with E-state index in [-0.39, 0.29) is 5.91 Å². The van der Waals surface area contributed by atoms with Crippen LogP contribution in [0.5, 0.6) is 0 Å². The van der Waals surface area contributed by atoms with Gasteiger partial charge in [-0.25, -0.2) is 0 Å². The van der Waals surface area contributed by atoms with E-state index in [9.17, 15) is 4.79 Å². The smallest absolute Gasteiger partial charge is 0.230 e. The first-order valence-electron chi connectivity index (χ1n) is 7.89. The van der Waals surface area contributed by atoms with E-state index in [2.05, 4.69) is 12.2 Å². The lowest BCUT2D eigenvalue weighted by atomic mass is 9.84. The Morgan fingerprint density at radius 3 is 2.71 bits per heavy atom. The van der Waals surface area contributed by atoms with Crippen molar-refractivity contribution >= 4 is 23.4 Å². The summed E-state index contributed by atoms with van der Waals surface area (Å²) < 4.78 is 0. The maximum absolute atomic E-state index is 12.1. The number of thioether (sulfide) groups is 1. The van der Waals surface area contributed by atoms with Crippen LogP contribution in [0.4, 0.5) is 5.69 Å². The number of nitrogens with two attached hydrogens (primary N) is 1. The summed E-state index contributed by atoms with van der Waals surface area (Å²) in [6.07, 6.45) is 5.49.